The number of pyridine rings is 2. The zero-order valence-electron chi connectivity index (χ0n) is 26.0. The van der Waals surface area contributed by atoms with Crippen molar-refractivity contribution in [2.45, 2.75) is 18.9 Å². The first-order chi connectivity index (χ1) is 22.2. The van der Waals surface area contributed by atoms with E-state index in [0.29, 0.717) is 34.1 Å². The standard InChI is InChI=1S/C33H34F2N8O3/c1-6-29(44)40-24-14-21(42-11-9-20(10-12-42)41(2)3)7-8-23(24)39-28-15-25-19(17-36-28)13-22(33-37-18-38-43(25)33)30-31(34)26(45-4)16-27(46-5)32(30)35/h6-8,13-18,20H,1,9-12H2,2-5H3,(H,36,39)(H,40,44). The number of carbonyl (C=O) groups excluding carboxylic acids is 1. The van der Waals surface area contributed by atoms with Gasteiger partial charge in [-0.25, -0.2) is 23.3 Å². The highest BCUT2D eigenvalue weighted by molar-refractivity contribution is 6.02. The van der Waals surface area contributed by atoms with E-state index in [9.17, 15) is 4.79 Å². The zero-order chi connectivity index (χ0) is 32.5. The van der Waals surface area contributed by atoms with Gasteiger partial charge >= 0.3 is 0 Å². The van der Waals surface area contributed by atoms with Gasteiger partial charge in [0.25, 0.3) is 0 Å². The number of nitrogens with zero attached hydrogens (tertiary/aromatic N) is 6. The number of rotatable bonds is 9. The number of amides is 1. The predicted molar refractivity (Wildman–Crippen MR) is 174 cm³/mol. The third-order valence-electron chi connectivity index (χ3n) is 8.34. The van der Waals surface area contributed by atoms with Crippen LogP contribution in [0.1, 0.15) is 12.8 Å². The second kappa shape index (κ2) is 12.6. The van der Waals surface area contributed by atoms with E-state index in [0.717, 1.165) is 37.7 Å². The maximum absolute atomic E-state index is 15.5. The number of nitrogens with one attached hydrogen (secondary N) is 2. The number of anilines is 4. The van der Waals surface area contributed by atoms with Crippen LogP contribution in [-0.2, 0) is 4.79 Å². The molecule has 238 valence electrons. The highest BCUT2D eigenvalue weighted by atomic mass is 19.1. The summed E-state index contributed by atoms with van der Waals surface area (Å²) in [6.07, 6.45) is 6.19. The van der Waals surface area contributed by atoms with E-state index in [1.807, 2.05) is 18.2 Å². The smallest absolute Gasteiger partial charge is 0.247 e. The van der Waals surface area contributed by atoms with E-state index >= 15 is 8.78 Å². The Hall–Kier alpha value is -5.30. The number of piperidine rings is 1. The fourth-order valence-corrected chi connectivity index (χ4v) is 5.85. The number of halogens is 2. The van der Waals surface area contributed by atoms with Crippen LogP contribution < -0.4 is 25.0 Å². The molecule has 5 aromatic rings. The van der Waals surface area contributed by atoms with E-state index in [4.69, 9.17) is 9.47 Å². The first kappa shape index (κ1) is 30.7. The van der Waals surface area contributed by atoms with Gasteiger partial charge in [0, 0.05) is 54.1 Å². The van der Waals surface area contributed by atoms with E-state index in [-0.39, 0.29) is 34.2 Å². The Morgan fingerprint density at radius 2 is 1.74 bits per heavy atom. The average molecular weight is 629 g/mol. The lowest BCUT2D eigenvalue weighted by atomic mass is 10.0. The van der Waals surface area contributed by atoms with Crippen molar-refractivity contribution in [3.8, 4) is 22.6 Å². The molecule has 13 heteroatoms. The fourth-order valence-electron chi connectivity index (χ4n) is 5.85. The number of hydrogen-bond donors (Lipinski definition) is 2. The third-order valence-corrected chi connectivity index (χ3v) is 8.34. The lowest BCUT2D eigenvalue weighted by Gasteiger charge is -2.36. The molecule has 2 N–H and O–H groups in total. The Kier molecular flexibility index (Phi) is 8.41. The minimum absolute atomic E-state index is 0.152. The summed E-state index contributed by atoms with van der Waals surface area (Å²) in [5.41, 5.74) is 2.79. The van der Waals surface area contributed by atoms with Crippen molar-refractivity contribution >= 4 is 45.3 Å². The second-order valence-corrected chi connectivity index (χ2v) is 11.2. The number of hydrogen-bond acceptors (Lipinski definition) is 9. The van der Waals surface area contributed by atoms with E-state index in [2.05, 4.69) is 56.2 Å². The molecule has 2 aromatic carbocycles. The van der Waals surface area contributed by atoms with E-state index < -0.39 is 11.6 Å². The molecule has 1 fully saturated rings. The Morgan fingerprint density at radius 1 is 1.02 bits per heavy atom. The summed E-state index contributed by atoms with van der Waals surface area (Å²) in [7, 11) is 6.80. The van der Waals surface area contributed by atoms with E-state index in [1.165, 1.54) is 31.1 Å². The lowest BCUT2D eigenvalue weighted by Crippen LogP contribution is -2.42. The van der Waals surface area contributed by atoms with Crippen LogP contribution in [0.4, 0.5) is 31.7 Å². The van der Waals surface area contributed by atoms with Crippen LogP contribution in [0.3, 0.4) is 0 Å². The van der Waals surface area contributed by atoms with Gasteiger partial charge in [-0.3, -0.25) is 4.79 Å². The predicted octanol–water partition coefficient (Wildman–Crippen LogP) is 5.64. The van der Waals surface area contributed by atoms with Crippen LogP contribution in [0.25, 0.3) is 27.7 Å². The Balaban J connectivity index is 1.37. The first-order valence-corrected chi connectivity index (χ1v) is 14.7. The summed E-state index contributed by atoms with van der Waals surface area (Å²) in [5.74, 6) is -2.03. The van der Waals surface area contributed by atoms with E-state index in [1.54, 1.807) is 18.3 Å². The number of aromatic nitrogens is 4. The Labute approximate surface area is 264 Å². The summed E-state index contributed by atoms with van der Waals surface area (Å²) in [4.78, 5) is 25.8. The van der Waals surface area contributed by atoms with Crippen LogP contribution >= 0.6 is 0 Å². The van der Waals surface area contributed by atoms with Gasteiger partial charge in [0.05, 0.1) is 36.7 Å². The molecule has 3 aromatic heterocycles. The summed E-state index contributed by atoms with van der Waals surface area (Å²) < 4.78 is 42.7. The van der Waals surface area contributed by atoms with Gasteiger partial charge in [-0.1, -0.05) is 6.58 Å². The molecule has 0 unspecified atom stereocenters. The number of benzene rings is 2. The van der Waals surface area contributed by atoms with Gasteiger partial charge in [-0.05, 0) is 57.3 Å². The van der Waals surface area contributed by atoms with Crippen LogP contribution in [0.5, 0.6) is 11.5 Å². The molecular formula is C33H34F2N8O3. The van der Waals surface area contributed by atoms with Crippen molar-refractivity contribution in [2.24, 2.45) is 0 Å². The minimum atomic E-state index is -0.893. The largest absolute Gasteiger partial charge is 0.494 e. The van der Waals surface area contributed by atoms with Gasteiger partial charge < -0.3 is 29.9 Å². The molecule has 46 heavy (non-hydrogen) atoms. The molecule has 1 aliphatic rings. The van der Waals surface area contributed by atoms with Gasteiger partial charge in [0.1, 0.15) is 12.1 Å². The van der Waals surface area contributed by atoms with Crippen LogP contribution in [0.2, 0.25) is 0 Å². The summed E-state index contributed by atoms with van der Waals surface area (Å²) >= 11 is 0. The maximum atomic E-state index is 15.5. The summed E-state index contributed by atoms with van der Waals surface area (Å²) in [6, 6.07) is 10.9. The molecule has 1 aliphatic heterocycles. The topological polar surface area (TPSA) is 109 Å². The van der Waals surface area contributed by atoms with Gasteiger partial charge in [0.15, 0.2) is 28.8 Å². The fraction of sp³-hybridized carbons (Fsp3) is 0.273. The van der Waals surface area contributed by atoms with Crippen molar-refractivity contribution < 1.29 is 23.0 Å². The normalized spacial score (nSPS) is 13.8. The molecule has 0 bridgehead atoms. The highest BCUT2D eigenvalue weighted by Gasteiger charge is 2.25. The third kappa shape index (κ3) is 5.65. The van der Waals surface area contributed by atoms with Crippen molar-refractivity contribution in [2.75, 3.05) is 56.9 Å². The molecule has 6 rings (SSSR count). The first-order valence-electron chi connectivity index (χ1n) is 14.7. The zero-order valence-corrected chi connectivity index (χ0v) is 26.0. The van der Waals surface area contributed by atoms with Gasteiger partial charge in [-0.2, -0.15) is 5.10 Å². The Bertz CT molecular complexity index is 1930. The average Bonchev–Trinajstić information content (AvgIpc) is 3.57. The van der Waals surface area contributed by atoms with Crippen molar-refractivity contribution in [1.29, 1.82) is 0 Å². The molecule has 11 nitrogen and oxygen atoms in total. The van der Waals surface area contributed by atoms with Crippen LogP contribution in [-0.4, -0.2) is 77.8 Å². The number of methoxy groups -OCH3 is 2. The number of fused-ring (bicyclic) bond motifs is 3. The summed E-state index contributed by atoms with van der Waals surface area (Å²) in [5, 5.41) is 11.1. The number of carbonyl (C=O) groups is 1. The monoisotopic (exact) mass is 628 g/mol. The molecule has 1 saturated heterocycles. The molecule has 0 saturated carbocycles. The molecule has 0 atom stereocenters. The van der Waals surface area contributed by atoms with Gasteiger partial charge in [0.2, 0.25) is 5.91 Å². The van der Waals surface area contributed by atoms with Crippen molar-refractivity contribution in [3.63, 3.8) is 0 Å². The van der Waals surface area contributed by atoms with Crippen LogP contribution in [0.15, 0.2) is 61.6 Å². The van der Waals surface area contributed by atoms with Crippen molar-refractivity contribution in [1.82, 2.24) is 24.5 Å². The molecule has 0 radical (unpaired) electrons. The van der Waals surface area contributed by atoms with Crippen molar-refractivity contribution in [3.05, 3.63) is 73.2 Å². The lowest BCUT2D eigenvalue weighted by molar-refractivity contribution is -0.111. The quantitative estimate of drug-likeness (QED) is 0.201. The SMILES string of the molecule is C=CC(=O)Nc1cc(N2CCC(N(C)C)CC2)ccc1Nc1cc2c(cn1)cc(-c1c(F)c(OC)cc(OC)c1F)c1ncnn12. The van der Waals surface area contributed by atoms with Crippen LogP contribution in [0, 0.1) is 11.6 Å². The minimum Gasteiger partial charge on any atom is -0.494 e. The molecule has 1 amide bonds. The van der Waals surface area contributed by atoms with Gasteiger partial charge in [-0.15, -0.1) is 0 Å². The highest BCUT2D eigenvalue weighted by Crippen LogP contribution is 2.40. The molecule has 4 heterocycles. The Morgan fingerprint density at radius 3 is 2.39 bits per heavy atom. The maximum Gasteiger partial charge on any atom is 0.247 e. The molecular weight excluding hydrogens is 594 g/mol. The number of ether oxygens (including phenoxy) is 2. The second-order valence-electron chi connectivity index (χ2n) is 11.2. The molecule has 0 aliphatic carbocycles. The summed E-state index contributed by atoms with van der Waals surface area (Å²) in [6.45, 7) is 5.40. The molecule has 0 spiro atoms.